The average Bonchev–Trinajstić information content (AvgIpc) is 2.36. The number of ether oxygens (including phenoxy) is 1. The van der Waals surface area contributed by atoms with Gasteiger partial charge in [-0.25, -0.2) is 4.98 Å². The van der Waals surface area contributed by atoms with Crippen LogP contribution in [-0.2, 0) is 6.42 Å². The number of thiazole rings is 1. The van der Waals surface area contributed by atoms with Crippen molar-refractivity contribution in [1.29, 1.82) is 0 Å². The van der Waals surface area contributed by atoms with Gasteiger partial charge in [-0.3, -0.25) is 0 Å². The van der Waals surface area contributed by atoms with Gasteiger partial charge >= 0.3 is 0 Å². The lowest BCUT2D eigenvalue weighted by Gasteiger charge is -1.99. The fraction of sp³-hybridized carbons (Fsp3) is 0.625. The summed E-state index contributed by atoms with van der Waals surface area (Å²) in [5.74, 6) is 0. The molecule has 0 aromatic carbocycles. The molecule has 0 fully saturated rings. The third kappa shape index (κ3) is 2.79. The zero-order valence-corrected chi connectivity index (χ0v) is 8.23. The molecule has 1 aromatic rings. The van der Waals surface area contributed by atoms with Gasteiger partial charge in [0.05, 0.1) is 6.61 Å². The molecule has 0 amide bonds. The lowest BCUT2D eigenvalue weighted by Crippen LogP contribution is -2.16. The van der Waals surface area contributed by atoms with Crippen LogP contribution in [0, 0.1) is 0 Å². The Morgan fingerprint density at radius 1 is 1.75 bits per heavy atom. The number of rotatable bonds is 4. The van der Waals surface area contributed by atoms with Gasteiger partial charge in [0.25, 0.3) is 5.19 Å². The second kappa shape index (κ2) is 4.42. The summed E-state index contributed by atoms with van der Waals surface area (Å²) in [7, 11) is 0. The van der Waals surface area contributed by atoms with E-state index < -0.39 is 0 Å². The Bertz CT molecular complexity index is 235. The summed E-state index contributed by atoms with van der Waals surface area (Å²) in [6, 6.07) is 0.194. The van der Waals surface area contributed by atoms with Gasteiger partial charge < -0.3 is 10.5 Å². The number of aromatic nitrogens is 1. The molecule has 1 rings (SSSR count). The van der Waals surface area contributed by atoms with E-state index in [-0.39, 0.29) is 6.04 Å². The van der Waals surface area contributed by atoms with Crippen LogP contribution in [0.15, 0.2) is 6.20 Å². The number of hydrogen-bond donors (Lipinski definition) is 1. The highest BCUT2D eigenvalue weighted by molar-refractivity contribution is 7.13. The largest absolute Gasteiger partial charge is 0.470 e. The van der Waals surface area contributed by atoms with Gasteiger partial charge in [0.2, 0.25) is 0 Å². The second-order valence-corrected chi connectivity index (χ2v) is 3.78. The van der Waals surface area contributed by atoms with E-state index in [0.717, 1.165) is 11.6 Å². The van der Waals surface area contributed by atoms with Gasteiger partial charge in [-0.15, -0.1) is 0 Å². The summed E-state index contributed by atoms with van der Waals surface area (Å²) in [4.78, 5) is 5.29. The first-order chi connectivity index (χ1) is 5.72. The monoisotopic (exact) mass is 186 g/mol. The summed E-state index contributed by atoms with van der Waals surface area (Å²) in [5.41, 5.74) is 5.65. The molecule has 0 aliphatic carbocycles. The van der Waals surface area contributed by atoms with Crippen LogP contribution < -0.4 is 10.5 Å². The van der Waals surface area contributed by atoms with Gasteiger partial charge in [0, 0.05) is 17.1 Å². The van der Waals surface area contributed by atoms with Crippen molar-refractivity contribution in [2.75, 3.05) is 6.61 Å². The smallest absolute Gasteiger partial charge is 0.273 e. The summed E-state index contributed by atoms with van der Waals surface area (Å²) in [6.45, 7) is 4.61. The standard InChI is InChI=1S/C8H14N2OS/c1-3-11-8-10-5-7(12-8)4-6(2)9/h5-6H,3-4,9H2,1-2H3. The molecule has 0 saturated heterocycles. The van der Waals surface area contributed by atoms with E-state index in [1.165, 1.54) is 4.88 Å². The van der Waals surface area contributed by atoms with Gasteiger partial charge in [0.15, 0.2) is 0 Å². The van der Waals surface area contributed by atoms with Crippen LogP contribution >= 0.6 is 11.3 Å². The normalized spacial score (nSPS) is 12.9. The quantitative estimate of drug-likeness (QED) is 0.774. The summed E-state index contributed by atoms with van der Waals surface area (Å²) >= 11 is 1.57. The summed E-state index contributed by atoms with van der Waals surface area (Å²) < 4.78 is 5.23. The van der Waals surface area contributed by atoms with Crippen LogP contribution in [0.25, 0.3) is 0 Å². The minimum atomic E-state index is 0.194. The van der Waals surface area contributed by atoms with E-state index in [9.17, 15) is 0 Å². The molecule has 0 aliphatic heterocycles. The van der Waals surface area contributed by atoms with Crippen molar-refractivity contribution in [2.45, 2.75) is 26.3 Å². The van der Waals surface area contributed by atoms with Gasteiger partial charge in [0.1, 0.15) is 0 Å². The van der Waals surface area contributed by atoms with Crippen molar-refractivity contribution in [2.24, 2.45) is 5.73 Å². The molecule has 68 valence electrons. The summed E-state index contributed by atoms with van der Waals surface area (Å²) in [5, 5.41) is 0.744. The molecule has 0 saturated carbocycles. The third-order valence-corrected chi connectivity index (χ3v) is 2.26. The Labute approximate surface area is 76.6 Å². The van der Waals surface area contributed by atoms with Gasteiger partial charge in [-0.05, 0) is 20.3 Å². The Morgan fingerprint density at radius 3 is 3.08 bits per heavy atom. The van der Waals surface area contributed by atoms with Crippen molar-refractivity contribution in [1.82, 2.24) is 4.98 Å². The fourth-order valence-corrected chi connectivity index (χ4v) is 1.85. The molecule has 3 nitrogen and oxygen atoms in total. The summed E-state index contributed by atoms with van der Waals surface area (Å²) in [6.07, 6.45) is 2.71. The highest BCUT2D eigenvalue weighted by Crippen LogP contribution is 2.21. The number of hydrogen-bond acceptors (Lipinski definition) is 4. The van der Waals surface area contributed by atoms with E-state index in [0.29, 0.717) is 6.61 Å². The minimum absolute atomic E-state index is 0.194. The van der Waals surface area contributed by atoms with E-state index in [1.807, 2.05) is 20.0 Å². The molecule has 12 heavy (non-hydrogen) atoms. The molecular weight excluding hydrogens is 172 g/mol. The molecule has 4 heteroatoms. The molecule has 1 heterocycles. The molecule has 0 spiro atoms. The Hall–Kier alpha value is -0.610. The van der Waals surface area contributed by atoms with Gasteiger partial charge in [-0.2, -0.15) is 0 Å². The Balaban J connectivity index is 2.52. The van der Waals surface area contributed by atoms with Crippen LogP contribution in [-0.4, -0.2) is 17.6 Å². The Morgan fingerprint density at radius 2 is 2.50 bits per heavy atom. The molecule has 2 N–H and O–H groups in total. The fourth-order valence-electron chi connectivity index (χ4n) is 0.891. The molecule has 1 unspecified atom stereocenters. The molecule has 1 aromatic heterocycles. The zero-order valence-electron chi connectivity index (χ0n) is 7.41. The first-order valence-corrected chi connectivity index (χ1v) is 4.87. The predicted octanol–water partition coefficient (Wildman–Crippen LogP) is 1.43. The first-order valence-electron chi connectivity index (χ1n) is 4.05. The van der Waals surface area contributed by atoms with E-state index >= 15 is 0 Å². The number of nitrogens with two attached hydrogens (primary N) is 1. The van der Waals surface area contributed by atoms with Crippen molar-refractivity contribution >= 4 is 11.3 Å². The van der Waals surface area contributed by atoms with E-state index in [1.54, 1.807) is 11.3 Å². The molecule has 0 aliphatic rings. The number of nitrogens with zero attached hydrogens (tertiary/aromatic N) is 1. The molecule has 0 radical (unpaired) electrons. The van der Waals surface area contributed by atoms with E-state index in [2.05, 4.69) is 4.98 Å². The maximum absolute atomic E-state index is 5.65. The van der Waals surface area contributed by atoms with Crippen molar-refractivity contribution < 1.29 is 4.74 Å². The lowest BCUT2D eigenvalue weighted by atomic mass is 10.2. The molecular formula is C8H14N2OS. The maximum Gasteiger partial charge on any atom is 0.273 e. The second-order valence-electron chi connectivity index (χ2n) is 2.71. The average molecular weight is 186 g/mol. The minimum Gasteiger partial charge on any atom is -0.470 e. The van der Waals surface area contributed by atoms with Gasteiger partial charge in [-0.1, -0.05) is 11.3 Å². The zero-order chi connectivity index (χ0) is 8.97. The Kier molecular flexibility index (Phi) is 3.49. The predicted molar refractivity (Wildman–Crippen MR) is 50.6 cm³/mol. The van der Waals surface area contributed by atoms with E-state index in [4.69, 9.17) is 10.5 Å². The van der Waals surface area contributed by atoms with Crippen LogP contribution in [0.4, 0.5) is 0 Å². The topological polar surface area (TPSA) is 48.1 Å². The van der Waals surface area contributed by atoms with Crippen molar-refractivity contribution in [3.63, 3.8) is 0 Å². The first kappa shape index (κ1) is 9.48. The van der Waals surface area contributed by atoms with Crippen LogP contribution in [0.1, 0.15) is 18.7 Å². The van der Waals surface area contributed by atoms with Crippen LogP contribution in [0.2, 0.25) is 0 Å². The molecule has 0 bridgehead atoms. The maximum atomic E-state index is 5.65. The third-order valence-electron chi connectivity index (χ3n) is 1.32. The van der Waals surface area contributed by atoms with Crippen LogP contribution in [0.3, 0.4) is 0 Å². The highest BCUT2D eigenvalue weighted by atomic mass is 32.1. The van der Waals surface area contributed by atoms with Crippen molar-refractivity contribution in [3.05, 3.63) is 11.1 Å². The van der Waals surface area contributed by atoms with Crippen molar-refractivity contribution in [3.8, 4) is 5.19 Å². The lowest BCUT2D eigenvalue weighted by molar-refractivity contribution is 0.338. The highest BCUT2D eigenvalue weighted by Gasteiger charge is 2.03. The molecule has 1 atom stereocenters. The SMILES string of the molecule is CCOc1ncc(CC(C)N)s1. The van der Waals surface area contributed by atoms with Crippen LogP contribution in [0.5, 0.6) is 5.19 Å².